The molecule has 0 aliphatic carbocycles. The molecule has 2 rings (SSSR count). The molecule has 0 amide bonds. The first-order valence-corrected chi connectivity index (χ1v) is 4.62. The van der Waals surface area contributed by atoms with Crippen molar-refractivity contribution in [1.29, 1.82) is 0 Å². The summed E-state index contributed by atoms with van der Waals surface area (Å²) in [6, 6.07) is 8.67. The molecule has 1 aromatic carbocycles. The van der Waals surface area contributed by atoms with Crippen LogP contribution >= 0.6 is 0 Å². The maximum absolute atomic E-state index is 10.9. The van der Waals surface area contributed by atoms with Crippen LogP contribution in [0.25, 0.3) is 10.9 Å². The van der Waals surface area contributed by atoms with E-state index in [9.17, 15) is 4.79 Å². The number of rotatable bonds is 1. The summed E-state index contributed by atoms with van der Waals surface area (Å²) >= 11 is 0. The van der Waals surface area contributed by atoms with Crippen LogP contribution in [-0.4, -0.2) is 18.2 Å². The number of nitrogen functional groups attached to an aromatic ring is 1. The highest BCUT2D eigenvalue weighted by Gasteiger charge is 2.06. The Kier molecular flexibility index (Phi) is 2.59. The van der Waals surface area contributed by atoms with Crippen LogP contribution < -0.4 is 10.5 Å². The van der Waals surface area contributed by atoms with Crippen molar-refractivity contribution in [2.75, 3.05) is 12.8 Å². The van der Waals surface area contributed by atoms with Crippen molar-refractivity contribution < 1.29 is 14.3 Å². The molecule has 5 heteroatoms. The Hall–Kier alpha value is -2.30. The second-order valence-electron chi connectivity index (χ2n) is 3.12. The molecule has 2 aromatic rings. The van der Waals surface area contributed by atoms with E-state index in [4.69, 9.17) is 10.5 Å². The molecular weight excluding hydrogens is 208 g/mol. The number of nitrogens with two attached hydrogens (primary N) is 1. The minimum Gasteiger partial charge on any atom is -0.437 e. The van der Waals surface area contributed by atoms with E-state index in [1.54, 1.807) is 30.3 Å². The highest BCUT2D eigenvalue weighted by atomic mass is 16.7. The Morgan fingerprint density at radius 2 is 2.12 bits per heavy atom. The summed E-state index contributed by atoms with van der Waals surface area (Å²) in [5.41, 5.74) is 7.06. The number of hydrogen-bond donors (Lipinski definition) is 1. The monoisotopic (exact) mass is 218 g/mol. The third kappa shape index (κ3) is 1.88. The highest BCUT2D eigenvalue weighted by molar-refractivity contribution is 5.90. The fraction of sp³-hybridized carbons (Fsp3) is 0.0909. The van der Waals surface area contributed by atoms with Crippen LogP contribution in [0.3, 0.4) is 0 Å². The summed E-state index contributed by atoms with van der Waals surface area (Å²) in [6.07, 6.45) is -0.796. The zero-order chi connectivity index (χ0) is 11.5. The number of benzene rings is 1. The van der Waals surface area contributed by atoms with E-state index in [1.807, 2.05) is 0 Å². The van der Waals surface area contributed by atoms with Crippen LogP contribution in [0, 0.1) is 0 Å². The molecule has 0 atom stereocenters. The van der Waals surface area contributed by atoms with Crippen LogP contribution in [0.15, 0.2) is 30.3 Å². The van der Waals surface area contributed by atoms with Gasteiger partial charge in [0.2, 0.25) is 5.88 Å². The summed E-state index contributed by atoms with van der Waals surface area (Å²) in [7, 11) is 1.24. The van der Waals surface area contributed by atoms with Crippen molar-refractivity contribution in [2.24, 2.45) is 0 Å². The van der Waals surface area contributed by atoms with Gasteiger partial charge in [0, 0.05) is 17.1 Å². The smallest absolute Gasteiger partial charge is 0.437 e. The fourth-order valence-electron chi connectivity index (χ4n) is 1.34. The summed E-state index contributed by atoms with van der Waals surface area (Å²) in [4.78, 5) is 15.0. The maximum atomic E-state index is 10.9. The third-order valence-electron chi connectivity index (χ3n) is 2.09. The molecule has 16 heavy (non-hydrogen) atoms. The molecule has 0 bridgehead atoms. The molecule has 0 radical (unpaired) electrons. The summed E-state index contributed by atoms with van der Waals surface area (Å²) in [5, 5.41) is 0.819. The Labute approximate surface area is 91.8 Å². The number of nitrogens with zero attached hydrogens (tertiary/aromatic N) is 1. The number of aromatic nitrogens is 1. The van der Waals surface area contributed by atoms with Gasteiger partial charge in [0.1, 0.15) is 0 Å². The van der Waals surface area contributed by atoms with Gasteiger partial charge < -0.3 is 15.2 Å². The van der Waals surface area contributed by atoms with Crippen LogP contribution in [-0.2, 0) is 4.74 Å². The van der Waals surface area contributed by atoms with Crippen LogP contribution in [0.5, 0.6) is 5.88 Å². The van der Waals surface area contributed by atoms with Gasteiger partial charge in [-0.2, -0.15) is 0 Å². The van der Waals surface area contributed by atoms with Gasteiger partial charge in [-0.25, -0.2) is 9.78 Å². The van der Waals surface area contributed by atoms with E-state index in [0.29, 0.717) is 11.2 Å². The van der Waals surface area contributed by atoms with Crippen molar-refractivity contribution in [1.82, 2.24) is 4.98 Å². The second kappa shape index (κ2) is 4.06. The van der Waals surface area contributed by atoms with E-state index in [-0.39, 0.29) is 5.88 Å². The van der Waals surface area contributed by atoms with Crippen molar-refractivity contribution in [3.63, 3.8) is 0 Å². The van der Waals surface area contributed by atoms with E-state index in [0.717, 1.165) is 5.39 Å². The summed E-state index contributed by atoms with van der Waals surface area (Å²) in [6.45, 7) is 0. The first-order valence-electron chi connectivity index (χ1n) is 4.62. The first kappa shape index (κ1) is 10.2. The molecule has 0 aliphatic heterocycles. The molecule has 1 heterocycles. The zero-order valence-electron chi connectivity index (χ0n) is 8.64. The Morgan fingerprint density at radius 1 is 1.31 bits per heavy atom. The largest absolute Gasteiger partial charge is 0.514 e. The van der Waals surface area contributed by atoms with E-state index < -0.39 is 6.16 Å². The number of methoxy groups -OCH3 is 1. The highest BCUT2D eigenvalue weighted by Crippen LogP contribution is 2.21. The molecule has 0 aliphatic rings. The minimum atomic E-state index is -0.796. The van der Waals surface area contributed by atoms with Gasteiger partial charge in [0.25, 0.3) is 0 Å². The Balaban J connectivity index is 2.41. The number of ether oxygens (including phenoxy) is 2. The van der Waals surface area contributed by atoms with Crippen LogP contribution in [0.4, 0.5) is 10.5 Å². The molecule has 2 N–H and O–H groups in total. The molecular formula is C11H10N2O3. The molecule has 1 aromatic heterocycles. The number of fused-ring (bicyclic) bond motifs is 1. The lowest BCUT2D eigenvalue weighted by Gasteiger charge is -2.04. The van der Waals surface area contributed by atoms with Gasteiger partial charge >= 0.3 is 6.16 Å². The molecule has 0 saturated carbocycles. The molecule has 0 unspecified atom stereocenters. The lowest BCUT2D eigenvalue weighted by molar-refractivity contribution is 0.120. The second-order valence-corrected chi connectivity index (χ2v) is 3.12. The van der Waals surface area contributed by atoms with Gasteiger partial charge in [-0.05, 0) is 18.2 Å². The SMILES string of the molecule is COC(=O)Oc1ccc2c(N)cccc2n1. The maximum Gasteiger partial charge on any atom is 0.514 e. The number of carbonyl (C=O) groups excluding carboxylic acids is 1. The van der Waals surface area contributed by atoms with Gasteiger partial charge in [0.15, 0.2) is 0 Å². The van der Waals surface area contributed by atoms with Crippen LogP contribution in [0.1, 0.15) is 0 Å². The van der Waals surface area contributed by atoms with Gasteiger partial charge in [-0.1, -0.05) is 6.07 Å². The standard InChI is InChI=1S/C11H10N2O3/c1-15-11(14)16-10-6-5-7-8(12)3-2-4-9(7)13-10/h2-6H,12H2,1H3. The van der Waals surface area contributed by atoms with Crippen molar-refractivity contribution >= 4 is 22.7 Å². The average molecular weight is 218 g/mol. The topological polar surface area (TPSA) is 74.4 Å². The summed E-state index contributed by atoms with van der Waals surface area (Å²) < 4.78 is 9.16. The van der Waals surface area contributed by atoms with Gasteiger partial charge in [0.05, 0.1) is 12.6 Å². The first-order chi connectivity index (χ1) is 7.70. The quantitative estimate of drug-likeness (QED) is 0.585. The van der Waals surface area contributed by atoms with Gasteiger partial charge in [-0.3, -0.25) is 0 Å². The lowest BCUT2D eigenvalue weighted by atomic mass is 10.2. The Morgan fingerprint density at radius 3 is 2.88 bits per heavy atom. The molecule has 0 fully saturated rings. The molecule has 0 spiro atoms. The number of hydrogen-bond acceptors (Lipinski definition) is 5. The van der Waals surface area contributed by atoms with Gasteiger partial charge in [-0.15, -0.1) is 0 Å². The number of anilines is 1. The average Bonchev–Trinajstić information content (AvgIpc) is 2.29. The Bertz CT molecular complexity index is 540. The summed E-state index contributed by atoms with van der Waals surface area (Å²) in [5.74, 6) is 0.185. The van der Waals surface area contributed by atoms with Crippen molar-refractivity contribution in [2.45, 2.75) is 0 Å². The van der Waals surface area contributed by atoms with E-state index >= 15 is 0 Å². The fourth-order valence-corrected chi connectivity index (χ4v) is 1.34. The molecule has 82 valence electrons. The van der Waals surface area contributed by atoms with Crippen molar-refractivity contribution in [3.05, 3.63) is 30.3 Å². The molecule has 5 nitrogen and oxygen atoms in total. The number of carbonyl (C=O) groups is 1. The van der Waals surface area contributed by atoms with E-state index in [1.165, 1.54) is 7.11 Å². The number of pyridine rings is 1. The lowest BCUT2D eigenvalue weighted by Crippen LogP contribution is -2.08. The van der Waals surface area contributed by atoms with E-state index in [2.05, 4.69) is 9.72 Å². The zero-order valence-corrected chi connectivity index (χ0v) is 8.64. The normalized spacial score (nSPS) is 10.1. The third-order valence-corrected chi connectivity index (χ3v) is 2.09. The van der Waals surface area contributed by atoms with Crippen LogP contribution in [0.2, 0.25) is 0 Å². The predicted octanol–water partition coefficient (Wildman–Crippen LogP) is 1.96. The van der Waals surface area contributed by atoms with Crippen molar-refractivity contribution in [3.8, 4) is 5.88 Å². The predicted molar refractivity (Wildman–Crippen MR) is 59.2 cm³/mol. The minimum absolute atomic E-state index is 0.185. The molecule has 0 saturated heterocycles.